The highest BCUT2D eigenvalue weighted by Crippen LogP contribution is 2.29. The first-order valence-electron chi connectivity index (χ1n) is 8.82. The van der Waals surface area contributed by atoms with Crippen LogP contribution < -0.4 is 5.32 Å². The number of carbonyl (C=O) groups excluding carboxylic acids is 1. The van der Waals surface area contributed by atoms with Crippen LogP contribution >= 0.6 is 35.0 Å². The summed E-state index contributed by atoms with van der Waals surface area (Å²) in [6.07, 6.45) is 0. The number of hydrogen-bond donors (Lipinski definition) is 1. The second-order valence-corrected chi connectivity index (χ2v) is 8.45. The third-order valence-electron chi connectivity index (χ3n) is 4.15. The second-order valence-electron chi connectivity index (χ2n) is 6.29. The van der Waals surface area contributed by atoms with Crippen molar-refractivity contribution in [2.75, 3.05) is 5.32 Å². The molecule has 0 bridgehead atoms. The molecule has 28 heavy (non-hydrogen) atoms. The van der Waals surface area contributed by atoms with Crippen molar-refractivity contribution in [3.05, 3.63) is 58.1 Å². The summed E-state index contributed by atoms with van der Waals surface area (Å²) in [4.78, 5) is 12.6. The number of carbonyl (C=O) groups is 1. The lowest BCUT2D eigenvalue weighted by atomic mass is 10.1. The summed E-state index contributed by atoms with van der Waals surface area (Å²) in [5, 5.41) is 12.7. The fraction of sp³-hybridized carbons (Fsp3) is 0.250. The number of aromatic nitrogens is 3. The van der Waals surface area contributed by atoms with E-state index in [1.807, 2.05) is 43.5 Å². The van der Waals surface area contributed by atoms with E-state index in [0.29, 0.717) is 27.4 Å². The zero-order valence-corrected chi connectivity index (χ0v) is 18.1. The van der Waals surface area contributed by atoms with E-state index in [0.717, 1.165) is 17.0 Å². The van der Waals surface area contributed by atoms with Gasteiger partial charge in [0.1, 0.15) is 0 Å². The number of aryl methyl sites for hydroxylation is 1. The smallest absolute Gasteiger partial charge is 0.237 e. The lowest BCUT2D eigenvalue weighted by Gasteiger charge is -2.14. The SMILES string of the molecule is CCn1c(SC(C)C(=O)Nc2cc(Cl)ccc2Cl)nnc1-c1cccc(C)c1. The van der Waals surface area contributed by atoms with Gasteiger partial charge in [0.25, 0.3) is 0 Å². The third kappa shape index (κ3) is 4.69. The molecule has 2 aromatic carbocycles. The molecule has 1 unspecified atom stereocenters. The summed E-state index contributed by atoms with van der Waals surface area (Å²) in [7, 11) is 0. The highest BCUT2D eigenvalue weighted by atomic mass is 35.5. The third-order valence-corrected chi connectivity index (χ3v) is 5.79. The number of benzene rings is 2. The predicted octanol–water partition coefficient (Wildman–Crippen LogP) is 5.70. The molecule has 1 amide bonds. The molecule has 0 saturated heterocycles. The van der Waals surface area contributed by atoms with Gasteiger partial charge in [-0.25, -0.2) is 0 Å². The number of rotatable bonds is 6. The van der Waals surface area contributed by atoms with Crippen molar-refractivity contribution in [2.45, 2.75) is 37.7 Å². The van der Waals surface area contributed by atoms with Crippen molar-refractivity contribution in [1.29, 1.82) is 0 Å². The van der Waals surface area contributed by atoms with Gasteiger partial charge in [-0.15, -0.1) is 10.2 Å². The van der Waals surface area contributed by atoms with Crippen LogP contribution in [0.4, 0.5) is 5.69 Å². The Bertz CT molecular complexity index is 1010. The first-order valence-corrected chi connectivity index (χ1v) is 10.5. The second kappa shape index (κ2) is 8.99. The average Bonchev–Trinajstić information content (AvgIpc) is 3.07. The molecule has 1 N–H and O–H groups in total. The molecule has 3 rings (SSSR count). The minimum absolute atomic E-state index is 0.183. The largest absolute Gasteiger partial charge is 0.324 e. The Morgan fingerprint density at radius 3 is 2.71 bits per heavy atom. The molecule has 3 aromatic rings. The van der Waals surface area contributed by atoms with Crippen molar-refractivity contribution in [1.82, 2.24) is 14.8 Å². The van der Waals surface area contributed by atoms with E-state index in [9.17, 15) is 4.79 Å². The van der Waals surface area contributed by atoms with E-state index in [1.54, 1.807) is 18.2 Å². The van der Waals surface area contributed by atoms with E-state index >= 15 is 0 Å². The Morgan fingerprint density at radius 2 is 2.00 bits per heavy atom. The maximum absolute atomic E-state index is 12.6. The Balaban J connectivity index is 1.77. The van der Waals surface area contributed by atoms with E-state index in [-0.39, 0.29) is 5.91 Å². The number of hydrogen-bond acceptors (Lipinski definition) is 4. The number of nitrogens with one attached hydrogen (secondary N) is 1. The standard InChI is InChI=1S/C20H20Cl2N4OS/c1-4-26-18(14-7-5-6-12(2)10-14)24-25-20(26)28-13(3)19(27)23-17-11-15(21)8-9-16(17)22/h5-11,13H,4H2,1-3H3,(H,23,27). The van der Waals surface area contributed by atoms with Crippen LogP contribution in [-0.4, -0.2) is 25.9 Å². The zero-order valence-electron chi connectivity index (χ0n) is 15.7. The zero-order chi connectivity index (χ0) is 20.3. The Hall–Kier alpha value is -2.02. The van der Waals surface area contributed by atoms with Crippen LogP contribution in [-0.2, 0) is 11.3 Å². The average molecular weight is 435 g/mol. The summed E-state index contributed by atoms with van der Waals surface area (Å²) < 4.78 is 2.01. The molecule has 146 valence electrons. The van der Waals surface area contributed by atoms with Crippen molar-refractivity contribution in [3.63, 3.8) is 0 Å². The molecule has 1 heterocycles. The summed E-state index contributed by atoms with van der Waals surface area (Å²) >= 11 is 13.5. The van der Waals surface area contributed by atoms with Gasteiger partial charge in [-0.05, 0) is 45.0 Å². The Morgan fingerprint density at radius 1 is 1.21 bits per heavy atom. The molecule has 0 radical (unpaired) electrons. The molecule has 0 aliphatic rings. The summed E-state index contributed by atoms with van der Waals surface area (Å²) in [6, 6.07) is 13.1. The van der Waals surface area contributed by atoms with Gasteiger partial charge in [-0.1, -0.05) is 58.7 Å². The van der Waals surface area contributed by atoms with Crippen LogP contribution in [0.2, 0.25) is 10.0 Å². The van der Waals surface area contributed by atoms with Crippen LogP contribution in [0.1, 0.15) is 19.4 Å². The maximum Gasteiger partial charge on any atom is 0.237 e. The van der Waals surface area contributed by atoms with Gasteiger partial charge in [-0.2, -0.15) is 0 Å². The van der Waals surface area contributed by atoms with E-state index in [2.05, 4.69) is 21.6 Å². The fourth-order valence-corrected chi connectivity index (χ4v) is 3.95. The van der Waals surface area contributed by atoms with E-state index in [1.165, 1.54) is 11.8 Å². The number of anilines is 1. The number of thioether (sulfide) groups is 1. The molecular weight excluding hydrogens is 415 g/mol. The van der Waals surface area contributed by atoms with Gasteiger partial charge in [0.05, 0.1) is 16.0 Å². The monoisotopic (exact) mass is 434 g/mol. The predicted molar refractivity (Wildman–Crippen MR) is 116 cm³/mol. The molecule has 0 fully saturated rings. The first kappa shape index (κ1) is 20.7. The molecule has 8 heteroatoms. The quantitative estimate of drug-likeness (QED) is 0.505. The summed E-state index contributed by atoms with van der Waals surface area (Å²) in [5.74, 6) is 0.608. The first-order chi connectivity index (χ1) is 13.4. The maximum atomic E-state index is 12.6. The van der Waals surface area contributed by atoms with Crippen LogP contribution in [0.25, 0.3) is 11.4 Å². The van der Waals surface area contributed by atoms with Crippen molar-refractivity contribution < 1.29 is 4.79 Å². The van der Waals surface area contributed by atoms with Gasteiger partial charge < -0.3 is 9.88 Å². The number of nitrogens with zero attached hydrogens (tertiary/aromatic N) is 3. The van der Waals surface area contributed by atoms with Crippen LogP contribution in [0.3, 0.4) is 0 Å². The number of amides is 1. The van der Waals surface area contributed by atoms with Gasteiger partial charge in [0.2, 0.25) is 5.91 Å². The minimum Gasteiger partial charge on any atom is -0.324 e. The van der Waals surface area contributed by atoms with Crippen molar-refractivity contribution in [2.24, 2.45) is 0 Å². The van der Waals surface area contributed by atoms with Gasteiger partial charge in [0, 0.05) is 17.1 Å². The molecule has 0 aliphatic heterocycles. The summed E-state index contributed by atoms with van der Waals surface area (Å²) in [5.41, 5.74) is 2.65. The van der Waals surface area contributed by atoms with Gasteiger partial charge >= 0.3 is 0 Å². The van der Waals surface area contributed by atoms with Crippen LogP contribution in [0.5, 0.6) is 0 Å². The van der Waals surface area contributed by atoms with Crippen LogP contribution in [0, 0.1) is 6.92 Å². The highest BCUT2D eigenvalue weighted by molar-refractivity contribution is 8.00. The molecule has 0 spiro atoms. The normalized spacial score (nSPS) is 12.0. The Kier molecular flexibility index (Phi) is 6.65. The topological polar surface area (TPSA) is 59.8 Å². The fourth-order valence-electron chi connectivity index (χ4n) is 2.70. The Labute approximate surface area is 178 Å². The number of halogens is 2. The van der Waals surface area contributed by atoms with Gasteiger partial charge in [-0.3, -0.25) is 4.79 Å². The molecule has 5 nitrogen and oxygen atoms in total. The highest BCUT2D eigenvalue weighted by Gasteiger charge is 2.21. The lowest BCUT2D eigenvalue weighted by molar-refractivity contribution is -0.115. The molecule has 1 aromatic heterocycles. The van der Waals surface area contributed by atoms with E-state index < -0.39 is 5.25 Å². The van der Waals surface area contributed by atoms with Gasteiger partial charge in [0.15, 0.2) is 11.0 Å². The van der Waals surface area contributed by atoms with E-state index in [4.69, 9.17) is 23.2 Å². The molecule has 0 aliphatic carbocycles. The molecule has 1 atom stereocenters. The van der Waals surface area contributed by atoms with Crippen molar-refractivity contribution in [3.8, 4) is 11.4 Å². The molecule has 0 saturated carbocycles. The van der Waals surface area contributed by atoms with Crippen LogP contribution in [0.15, 0.2) is 47.6 Å². The van der Waals surface area contributed by atoms with Crippen molar-refractivity contribution >= 4 is 46.6 Å². The molecular formula is C20H20Cl2N4OS. The lowest BCUT2D eigenvalue weighted by Crippen LogP contribution is -2.23. The minimum atomic E-state index is -0.394. The summed E-state index contributed by atoms with van der Waals surface area (Å²) in [6.45, 7) is 6.59.